The van der Waals surface area contributed by atoms with Gasteiger partial charge in [-0.15, -0.1) is 0 Å². The molecule has 0 bridgehead atoms. The van der Waals surface area contributed by atoms with Crippen molar-refractivity contribution in [3.8, 4) is 0 Å². The van der Waals surface area contributed by atoms with E-state index in [0.717, 1.165) is 11.2 Å². The summed E-state index contributed by atoms with van der Waals surface area (Å²) in [5, 5.41) is 0. The summed E-state index contributed by atoms with van der Waals surface area (Å²) in [7, 11) is 0. The molecule has 1 aliphatic heterocycles. The number of aromatic nitrogens is 2. The third-order valence-corrected chi connectivity index (χ3v) is 4.30. The van der Waals surface area contributed by atoms with Gasteiger partial charge < -0.3 is 9.30 Å². The lowest BCUT2D eigenvalue weighted by Crippen LogP contribution is -2.45. The number of amides is 1. The smallest absolute Gasteiger partial charge is 0.342 e. The normalized spacial score (nSPS) is 19.3. The summed E-state index contributed by atoms with van der Waals surface area (Å²) in [6.07, 6.45) is -0.124. The molecule has 1 amide bonds. The Bertz CT molecular complexity index is 723. The van der Waals surface area contributed by atoms with Crippen molar-refractivity contribution in [3.05, 3.63) is 35.8 Å². The Labute approximate surface area is 131 Å². The predicted octanol–water partition coefficient (Wildman–Crippen LogP) is 2.99. The summed E-state index contributed by atoms with van der Waals surface area (Å²) in [4.78, 5) is 18.0. The second kappa shape index (κ2) is 5.86. The van der Waals surface area contributed by atoms with Crippen LogP contribution in [0.3, 0.4) is 0 Å². The number of halogens is 3. The average molecular weight is 325 g/mol. The molecular weight excluding hydrogens is 307 g/mol. The summed E-state index contributed by atoms with van der Waals surface area (Å²) >= 11 is 0. The third-order valence-electron chi connectivity index (χ3n) is 4.30. The van der Waals surface area contributed by atoms with Crippen LogP contribution in [-0.4, -0.2) is 39.5 Å². The van der Waals surface area contributed by atoms with Gasteiger partial charge in [0, 0.05) is 25.5 Å². The van der Waals surface area contributed by atoms with E-state index in [9.17, 15) is 18.0 Å². The van der Waals surface area contributed by atoms with Crippen LogP contribution in [0.15, 0.2) is 24.5 Å². The maximum atomic E-state index is 12.8. The first-order valence-corrected chi connectivity index (χ1v) is 7.62. The summed E-state index contributed by atoms with van der Waals surface area (Å²) in [5.74, 6) is -1.71. The Hall–Kier alpha value is -2.05. The Morgan fingerprint density at radius 2 is 2.22 bits per heavy atom. The largest absolute Gasteiger partial charge is 0.393 e. The number of piperidine rings is 1. The highest BCUT2D eigenvalue weighted by atomic mass is 19.4. The second-order valence-electron chi connectivity index (χ2n) is 6.05. The van der Waals surface area contributed by atoms with Crippen molar-refractivity contribution >= 4 is 11.6 Å². The fourth-order valence-corrected chi connectivity index (χ4v) is 3.03. The standard InChI is InChI=1S/C16H18F3N3O/c1-11-4-2-7-22-10-13(20-15(11)22)8-14(23)21-6-3-5-12(9-21)16(17,18)19/h2,4,7,10,12H,3,5-6,8-9H2,1H3. The first kappa shape index (κ1) is 15.8. The molecule has 0 saturated carbocycles. The van der Waals surface area contributed by atoms with Gasteiger partial charge in [-0.2, -0.15) is 13.2 Å². The fourth-order valence-electron chi connectivity index (χ4n) is 3.03. The molecule has 3 heterocycles. The number of imidazole rings is 1. The quantitative estimate of drug-likeness (QED) is 0.851. The SMILES string of the molecule is Cc1cccn2cc(CC(=O)N3CCCC(C(F)(F)F)C3)nc12. The molecule has 1 atom stereocenters. The summed E-state index contributed by atoms with van der Waals surface area (Å²) < 4.78 is 40.3. The number of carbonyl (C=O) groups excluding carboxylic acids is 1. The number of pyridine rings is 1. The van der Waals surface area contributed by atoms with Crippen LogP contribution in [0, 0.1) is 12.8 Å². The molecule has 4 nitrogen and oxygen atoms in total. The molecule has 2 aromatic rings. The third kappa shape index (κ3) is 3.33. The van der Waals surface area contributed by atoms with Crippen LogP contribution in [0.4, 0.5) is 13.2 Å². The van der Waals surface area contributed by atoms with Gasteiger partial charge in [0.1, 0.15) is 5.65 Å². The van der Waals surface area contributed by atoms with E-state index in [-0.39, 0.29) is 25.3 Å². The fraction of sp³-hybridized carbons (Fsp3) is 0.500. The Morgan fingerprint density at radius 3 is 2.91 bits per heavy atom. The number of rotatable bonds is 2. The lowest BCUT2D eigenvalue weighted by Gasteiger charge is -2.33. The molecule has 1 unspecified atom stereocenters. The number of nitrogens with zero attached hydrogens (tertiary/aromatic N) is 3. The van der Waals surface area contributed by atoms with Crippen molar-refractivity contribution in [2.75, 3.05) is 13.1 Å². The lowest BCUT2D eigenvalue weighted by molar-refractivity contribution is -0.187. The molecule has 0 radical (unpaired) electrons. The number of hydrogen-bond acceptors (Lipinski definition) is 2. The highest BCUT2D eigenvalue weighted by molar-refractivity contribution is 5.78. The van der Waals surface area contributed by atoms with E-state index in [1.165, 1.54) is 4.90 Å². The first-order chi connectivity index (χ1) is 10.8. The molecule has 1 aliphatic rings. The second-order valence-corrected chi connectivity index (χ2v) is 6.05. The minimum absolute atomic E-state index is 0.0334. The number of aryl methyl sites for hydroxylation is 1. The monoisotopic (exact) mass is 325 g/mol. The van der Waals surface area contributed by atoms with Crippen LogP contribution >= 0.6 is 0 Å². The molecule has 1 fully saturated rings. The van der Waals surface area contributed by atoms with Crippen LogP contribution in [0.25, 0.3) is 5.65 Å². The molecule has 0 aliphatic carbocycles. The van der Waals surface area contributed by atoms with Crippen molar-refractivity contribution < 1.29 is 18.0 Å². The van der Waals surface area contributed by atoms with Gasteiger partial charge in [0.25, 0.3) is 0 Å². The van der Waals surface area contributed by atoms with Gasteiger partial charge in [-0.25, -0.2) is 4.98 Å². The number of hydrogen-bond donors (Lipinski definition) is 0. The molecule has 0 aromatic carbocycles. The van der Waals surface area contributed by atoms with Crippen molar-refractivity contribution in [2.45, 2.75) is 32.4 Å². The van der Waals surface area contributed by atoms with Crippen molar-refractivity contribution in [3.63, 3.8) is 0 Å². The number of carbonyl (C=O) groups is 1. The Morgan fingerprint density at radius 1 is 1.43 bits per heavy atom. The predicted molar refractivity (Wildman–Crippen MR) is 79.0 cm³/mol. The summed E-state index contributed by atoms with van der Waals surface area (Å²) in [6.45, 7) is 2.07. The van der Waals surface area contributed by atoms with Gasteiger partial charge in [-0.3, -0.25) is 4.79 Å². The maximum absolute atomic E-state index is 12.8. The minimum Gasteiger partial charge on any atom is -0.342 e. The Kier molecular flexibility index (Phi) is 4.04. The van der Waals surface area contributed by atoms with E-state index >= 15 is 0 Å². The van der Waals surface area contributed by atoms with Gasteiger partial charge in [-0.1, -0.05) is 6.07 Å². The highest BCUT2D eigenvalue weighted by Gasteiger charge is 2.42. The van der Waals surface area contributed by atoms with Gasteiger partial charge in [0.05, 0.1) is 18.0 Å². The number of alkyl halides is 3. The van der Waals surface area contributed by atoms with E-state index in [0.29, 0.717) is 18.7 Å². The van der Waals surface area contributed by atoms with Crippen LogP contribution in [-0.2, 0) is 11.2 Å². The van der Waals surface area contributed by atoms with E-state index in [1.807, 2.05) is 29.7 Å². The minimum atomic E-state index is -4.24. The van der Waals surface area contributed by atoms with Gasteiger partial charge in [0.2, 0.25) is 5.91 Å². The van der Waals surface area contributed by atoms with Crippen LogP contribution in [0.5, 0.6) is 0 Å². The zero-order valence-electron chi connectivity index (χ0n) is 12.8. The zero-order valence-corrected chi connectivity index (χ0v) is 12.8. The molecule has 3 rings (SSSR count). The first-order valence-electron chi connectivity index (χ1n) is 7.62. The maximum Gasteiger partial charge on any atom is 0.393 e. The Balaban J connectivity index is 1.71. The molecule has 0 spiro atoms. The molecule has 1 saturated heterocycles. The van der Waals surface area contributed by atoms with Gasteiger partial charge >= 0.3 is 6.18 Å². The van der Waals surface area contributed by atoms with Crippen LogP contribution in [0.1, 0.15) is 24.1 Å². The van der Waals surface area contributed by atoms with Crippen LogP contribution in [0.2, 0.25) is 0 Å². The number of fused-ring (bicyclic) bond motifs is 1. The van der Waals surface area contributed by atoms with Crippen LogP contribution < -0.4 is 0 Å². The highest BCUT2D eigenvalue weighted by Crippen LogP contribution is 2.33. The topological polar surface area (TPSA) is 37.6 Å². The molecule has 7 heteroatoms. The van der Waals surface area contributed by atoms with Gasteiger partial charge in [0.15, 0.2) is 0 Å². The molecule has 2 aromatic heterocycles. The van der Waals surface area contributed by atoms with Crippen molar-refractivity contribution in [1.82, 2.24) is 14.3 Å². The van der Waals surface area contributed by atoms with E-state index < -0.39 is 12.1 Å². The molecule has 23 heavy (non-hydrogen) atoms. The van der Waals surface area contributed by atoms with E-state index in [1.54, 1.807) is 6.20 Å². The molecular formula is C16H18F3N3O. The van der Waals surface area contributed by atoms with Crippen molar-refractivity contribution in [1.29, 1.82) is 0 Å². The number of likely N-dealkylation sites (tertiary alicyclic amines) is 1. The van der Waals surface area contributed by atoms with E-state index in [2.05, 4.69) is 4.98 Å². The molecule has 0 N–H and O–H groups in total. The van der Waals surface area contributed by atoms with Crippen molar-refractivity contribution in [2.24, 2.45) is 5.92 Å². The van der Waals surface area contributed by atoms with E-state index in [4.69, 9.17) is 0 Å². The lowest BCUT2D eigenvalue weighted by atomic mass is 9.97. The average Bonchev–Trinajstić information content (AvgIpc) is 2.90. The summed E-state index contributed by atoms with van der Waals surface area (Å²) in [5.41, 5.74) is 2.34. The molecule has 124 valence electrons. The van der Waals surface area contributed by atoms with Gasteiger partial charge in [-0.05, 0) is 31.4 Å². The summed E-state index contributed by atoms with van der Waals surface area (Å²) in [6, 6.07) is 3.81. The zero-order chi connectivity index (χ0) is 16.6.